The maximum absolute atomic E-state index is 14.6. The second-order valence-corrected chi connectivity index (χ2v) is 9.05. The van der Waals surface area contributed by atoms with Crippen molar-refractivity contribution < 1.29 is 9.13 Å². The van der Waals surface area contributed by atoms with Gasteiger partial charge < -0.3 is 9.64 Å². The average Bonchev–Trinajstić information content (AvgIpc) is 2.97. The fraction of sp³-hybridized carbons (Fsp3) is 0.381. The molecule has 0 N–H and O–H groups in total. The smallest absolute Gasteiger partial charge is 0.129 e. The number of hydrogen-bond acceptors (Lipinski definition) is 5. The van der Waals surface area contributed by atoms with Gasteiger partial charge in [0.05, 0.1) is 18.2 Å². The van der Waals surface area contributed by atoms with E-state index in [0.29, 0.717) is 19.8 Å². The summed E-state index contributed by atoms with van der Waals surface area (Å²) in [4.78, 5) is 9.02. The Hall–Kier alpha value is -1.34. The van der Waals surface area contributed by atoms with Crippen LogP contribution in [0.1, 0.15) is 12.8 Å². The quantitative estimate of drug-likeness (QED) is 0.584. The average molecular weight is 403 g/mol. The summed E-state index contributed by atoms with van der Waals surface area (Å²) in [6, 6.07) is 0. The molecule has 27 heavy (non-hydrogen) atoms. The van der Waals surface area contributed by atoms with Gasteiger partial charge in [0.25, 0.3) is 0 Å². The van der Waals surface area contributed by atoms with Gasteiger partial charge in [-0.1, -0.05) is 41.8 Å². The van der Waals surface area contributed by atoms with E-state index in [4.69, 9.17) is 4.74 Å². The Morgan fingerprint density at radius 1 is 1.22 bits per heavy atom. The first-order chi connectivity index (χ1) is 13.1. The number of nitrogens with zero attached hydrogens (tertiary/aromatic N) is 2. The Kier molecular flexibility index (Phi) is 5.88. The molecule has 0 unspecified atom stereocenters. The molecule has 0 saturated heterocycles. The van der Waals surface area contributed by atoms with Crippen LogP contribution >= 0.6 is 23.5 Å². The summed E-state index contributed by atoms with van der Waals surface area (Å²) in [5.74, 6) is -0.163. The molecule has 0 saturated carbocycles. The first-order valence-corrected chi connectivity index (χ1v) is 10.8. The van der Waals surface area contributed by atoms with Crippen LogP contribution < -0.4 is 0 Å². The topological polar surface area (TPSA) is 24.8 Å². The lowest BCUT2D eigenvalue weighted by atomic mass is 10.1. The molecule has 0 atom stereocenters. The highest BCUT2D eigenvalue weighted by Crippen LogP contribution is 2.51. The van der Waals surface area contributed by atoms with E-state index < -0.39 is 0 Å². The molecule has 3 nitrogen and oxygen atoms in total. The van der Waals surface area contributed by atoms with Crippen molar-refractivity contribution in [3.05, 3.63) is 67.6 Å². The van der Waals surface area contributed by atoms with Crippen molar-refractivity contribution in [2.24, 2.45) is 4.99 Å². The highest BCUT2D eigenvalue weighted by molar-refractivity contribution is 8.17. The van der Waals surface area contributed by atoms with Crippen LogP contribution in [0.4, 0.5) is 4.39 Å². The van der Waals surface area contributed by atoms with Crippen molar-refractivity contribution in [1.29, 1.82) is 0 Å². The molecule has 6 heteroatoms. The molecule has 4 rings (SSSR count). The van der Waals surface area contributed by atoms with E-state index in [0.717, 1.165) is 40.5 Å². The molecule has 2 heterocycles. The van der Waals surface area contributed by atoms with E-state index >= 15 is 0 Å². The first-order valence-electron chi connectivity index (χ1n) is 9.15. The summed E-state index contributed by atoms with van der Waals surface area (Å²) < 4.78 is 20.5. The van der Waals surface area contributed by atoms with E-state index in [-0.39, 0.29) is 5.83 Å². The molecular weight excluding hydrogens is 379 g/mol. The molecule has 0 bridgehead atoms. The minimum absolute atomic E-state index is 0.163. The molecule has 0 radical (unpaired) electrons. The molecule has 0 aromatic rings. The number of ether oxygens (including phenoxy) is 1. The Morgan fingerprint density at radius 2 is 2.11 bits per heavy atom. The predicted molar refractivity (Wildman–Crippen MR) is 115 cm³/mol. The summed E-state index contributed by atoms with van der Waals surface area (Å²) in [5.41, 5.74) is 4.44. The van der Waals surface area contributed by atoms with Crippen LogP contribution in [-0.4, -0.2) is 50.3 Å². The van der Waals surface area contributed by atoms with Gasteiger partial charge in [-0.25, -0.2) is 4.39 Å². The summed E-state index contributed by atoms with van der Waals surface area (Å²) >= 11 is 3.31. The molecule has 0 fully saturated rings. The number of allylic oxidation sites excluding steroid dienone is 8. The number of hydrogen-bond donors (Lipinski definition) is 0. The Balaban J connectivity index is 1.53. The first kappa shape index (κ1) is 19.0. The van der Waals surface area contributed by atoms with Crippen LogP contribution in [0.3, 0.4) is 0 Å². The molecule has 2 aliphatic heterocycles. The van der Waals surface area contributed by atoms with Gasteiger partial charge in [0.1, 0.15) is 5.83 Å². The molecule has 0 aromatic heterocycles. The van der Waals surface area contributed by atoms with Crippen LogP contribution in [0.2, 0.25) is 0 Å². The van der Waals surface area contributed by atoms with Crippen LogP contribution in [0.25, 0.3) is 0 Å². The van der Waals surface area contributed by atoms with E-state index in [9.17, 15) is 4.39 Å². The number of aliphatic imine (C=N–C) groups is 1. The Bertz CT molecular complexity index is 859. The predicted octanol–water partition coefficient (Wildman–Crippen LogP) is 4.99. The second-order valence-electron chi connectivity index (χ2n) is 7.05. The van der Waals surface area contributed by atoms with Gasteiger partial charge in [-0.3, -0.25) is 4.99 Å². The van der Waals surface area contributed by atoms with Gasteiger partial charge in [0, 0.05) is 28.4 Å². The molecule has 4 aliphatic rings. The maximum atomic E-state index is 14.6. The minimum Gasteiger partial charge on any atom is -0.375 e. The zero-order valence-corrected chi connectivity index (χ0v) is 17.3. The number of fused-ring (bicyclic) bond motifs is 3. The molecular formula is C21H23FN2OS2. The van der Waals surface area contributed by atoms with Crippen LogP contribution in [0.5, 0.6) is 0 Å². The lowest BCUT2D eigenvalue weighted by molar-refractivity contribution is 0.161. The highest BCUT2D eigenvalue weighted by atomic mass is 32.2. The van der Waals surface area contributed by atoms with Gasteiger partial charge in [-0.2, -0.15) is 0 Å². The number of halogens is 1. The normalized spacial score (nSPS) is 21.3. The van der Waals surface area contributed by atoms with Crippen molar-refractivity contribution in [3.8, 4) is 0 Å². The maximum Gasteiger partial charge on any atom is 0.129 e. The lowest BCUT2D eigenvalue weighted by Gasteiger charge is -2.20. The fourth-order valence-corrected chi connectivity index (χ4v) is 5.44. The van der Waals surface area contributed by atoms with Crippen molar-refractivity contribution in [3.63, 3.8) is 0 Å². The zero-order chi connectivity index (χ0) is 18.8. The van der Waals surface area contributed by atoms with Gasteiger partial charge >= 0.3 is 0 Å². The Labute approximate surface area is 168 Å². The van der Waals surface area contributed by atoms with E-state index in [1.807, 2.05) is 6.08 Å². The largest absolute Gasteiger partial charge is 0.375 e. The second kappa shape index (κ2) is 8.35. The fourth-order valence-electron chi connectivity index (χ4n) is 3.44. The summed E-state index contributed by atoms with van der Waals surface area (Å²) in [5, 5.41) is 3.03. The Morgan fingerprint density at radius 3 is 2.96 bits per heavy atom. The van der Waals surface area contributed by atoms with E-state index in [2.05, 4.69) is 41.5 Å². The van der Waals surface area contributed by atoms with Gasteiger partial charge in [0.2, 0.25) is 0 Å². The van der Waals surface area contributed by atoms with Crippen molar-refractivity contribution in [2.45, 2.75) is 12.8 Å². The third-order valence-corrected chi connectivity index (χ3v) is 6.97. The summed E-state index contributed by atoms with van der Waals surface area (Å²) in [6.45, 7) is 2.62. The molecule has 0 aromatic carbocycles. The van der Waals surface area contributed by atoms with Crippen LogP contribution in [-0.2, 0) is 4.74 Å². The van der Waals surface area contributed by atoms with Gasteiger partial charge in [0.15, 0.2) is 0 Å². The monoisotopic (exact) mass is 402 g/mol. The third-order valence-electron chi connectivity index (χ3n) is 4.78. The van der Waals surface area contributed by atoms with Crippen molar-refractivity contribution >= 4 is 28.6 Å². The SMILES string of the molecule is CN(C)CCCOCC1=NCC2=C(F)C=CC3=C4SC=CC=C4CC3=C2S1. The summed E-state index contributed by atoms with van der Waals surface area (Å²) in [6.07, 6.45) is 9.66. The van der Waals surface area contributed by atoms with Crippen LogP contribution in [0.15, 0.2) is 72.6 Å². The molecule has 2 aliphatic carbocycles. The third kappa shape index (κ3) is 4.09. The highest BCUT2D eigenvalue weighted by Gasteiger charge is 2.32. The molecule has 0 amide bonds. The van der Waals surface area contributed by atoms with E-state index in [1.54, 1.807) is 29.6 Å². The lowest BCUT2D eigenvalue weighted by Crippen LogP contribution is -2.17. The summed E-state index contributed by atoms with van der Waals surface area (Å²) in [7, 11) is 4.12. The van der Waals surface area contributed by atoms with Crippen molar-refractivity contribution in [1.82, 2.24) is 4.90 Å². The van der Waals surface area contributed by atoms with Crippen LogP contribution in [0, 0.1) is 0 Å². The molecule has 0 spiro atoms. The number of thioether (sulfide) groups is 2. The zero-order valence-electron chi connectivity index (χ0n) is 15.6. The molecule has 142 valence electrons. The minimum atomic E-state index is -0.163. The van der Waals surface area contributed by atoms with Gasteiger partial charge in [-0.15, -0.1) is 0 Å². The van der Waals surface area contributed by atoms with E-state index in [1.165, 1.54) is 16.1 Å². The number of rotatable bonds is 6. The standard InChI is InChI=1S/C21H23FN2OS2/c1-24(2)8-4-9-25-13-19-23-12-17-18(22)7-6-15-16(21(17)27-19)11-14-5-3-10-26-20(14)15/h3,5-7,10H,4,8-9,11-13H2,1-2H3. The van der Waals surface area contributed by atoms with Crippen molar-refractivity contribution in [2.75, 3.05) is 40.4 Å². The van der Waals surface area contributed by atoms with Gasteiger partial charge in [-0.05, 0) is 55.3 Å².